The SMILES string of the molecule is C/C(C#N)=C/C12CC3CC(CC(C3)C1)C2. The van der Waals surface area contributed by atoms with Crippen molar-refractivity contribution in [1.82, 2.24) is 0 Å². The van der Waals surface area contributed by atoms with Crippen molar-refractivity contribution in [1.29, 1.82) is 5.26 Å². The lowest BCUT2D eigenvalue weighted by atomic mass is 9.49. The quantitative estimate of drug-likeness (QED) is 0.594. The molecule has 0 saturated heterocycles. The van der Waals surface area contributed by atoms with Crippen LogP contribution in [0.15, 0.2) is 11.6 Å². The van der Waals surface area contributed by atoms with Crippen molar-refractivity contribution >= 4 is 0 Å². The molecule has 0 aromatic rings. The van der Waals surface area contributed by atoms with Gasteiger partial charge < -0.3 is 0 Å². The maximum Gasteiger partial charge on any atom is 0.0940 e. The first-order valence-electron chi connectivity index (χ1n) is 6.29. The molecule has 4 rings (SSSR count). The van der Waals surface area contributed by atoms with Crippen molar-refractivity contribution in [3.05, 3.63) is 11.6 Å². The van der Waals surface area contributed by atoms with E-state index < -0.39 is 0 Å². The van der Waals surface area contributed by atoms with Gasteiger partial charge in [-0.05, 0) is 68.6 Å². The Morgan fingerprint density at radius 1 is 1.13 bits per heavy atom. The fourth-order valence-corrected chi connectivity index (χ4v) is 4.85. The van der Waals surface area contributed by atoms with E-state index in [0.29, 0.717) is 5.41 Å². The molecule has 4 aliphatic carbocycles. The lowest BCUT2D eigenvalue weighted by Gasteiger charge is -2.56. The zero-order valence-corrected chi connectivity index (χ0v) is 9.50. The van der Waals surface area contributed by atoms with Crippen molar-refractivity contribution in [2.24, 2.45) is 23.2 Å². The Bertz CT molecular complexity index is 310. The zero-order chi connectivity index (χ0) is 10.5. The second-order valence-electron chi connectivity index (χ2n) is 6.22. The van der Waals surface area contributed by atoms with Gasteiger partial charge in [0.05, 0.1) is 6.07 Å². The molecular weight excluding hydrogens is 182 g/mol. The van der Waals surface area contributed by atoms with Crippen LogP contribution in [0.25, 0.3) is 0 Å². The van der Waals surface area contributed by atoms with Gasteiger partial charge in [-0.25, -0.2) is 0 Å². The lowest BCUT2D eigenvalue weighted by molar-refractivity contribution is -0.0240. The molecule has 0 atom stereocenters. The van der Waals surface area contributed by atoms with E-state index in [1.54, 1.807) is 0 Å². The number of allylic oxidation sites excluding steroid dienone is 2. The maximum atomic E-state index is 8.92. The molecule has 0 heterocycles. The largest absolute Gasteiger partial charge is 0.193 e. The van der Waals surface area contributed by atoms with Crippen molar-refractivity contribution in [3.8, 4) is 6.07 Å². The van der Waals surface area contributed by atoms with E-state index in [0.717, 1.165) is 23.3 Å². The van der Waals surface area contributed by atoms with Crippen LogP contribution in [0.3, 0.4) is 0 Å². The van der Waals surface area contributed by atoms with Gasteiger partial charge in [-0.1, -0.05) is 6.08 Å². The first-order valence-corrected chi connectivity index (χ1v) is 6.29. The summed E-state index contributed by atoms with van der Waals surface area (Å²) in [4.78, 5) is 0. The van der Waals surface area contributed by atoms with E-state index in [4.69, 9.17) is 5.26 Å². The summed E-state index contributed by atoms with van der Waals surface area (Å²) >= 11 is 0. The number of nitrogens with zero attached hydrogens (tertiary/aromatic N) is 1. The van der Waals surface area contributed by atoms with Crippen molar-refractivity contribution in [3.63, 3.8) is 0 Å². The van der Waals surface area contributed by atoms with Crippen LogP contribution in [0.5, 0.6) is 0 Å². The van der Waals surface area contributed by atoms with Gasteiger partial charge in [-0.3, -0.25) is 0 Å². The van der Waals surface area contributed by atoms with Crippen molar-refractivity contribution in [2.75, 3.05) is 0 Å². The van der Waals surface area contributed by atoms with Gasteiger partial charge >= 0.3 is 0 Å². The molecule has 0 amide bonds. The van der Waals surface area contributed by atoms with E-state index in [1.165, 1.54) is 38.5 Å². The van der Waals surface area contributed by atoms with Crippen LogP contribution in [0.4, 0.5) is 0 Å². The molecule has 1 heteroatoms. The summed E-state index contributed by atoms with van der Waals surface area (Å²) in [7, 11) is 0. The summed E-state index contributed by atoms with van der Waals surface area (Å²) in [6.45, 7) is 1.97. The number of rotatable bonds is 1. The van der Waals surface area contributed by atoms with Gasteiger partial charge in [0.25, 0.3) is 0 Å². The van der Waals surface area contributed by atoms with Crippen LogP contribution in [-0.2, 0) is 0 Å². The Kier molecular flexibility index (Phi) is 1.96. The minimum absolute atomic E-state index is 0.439. The third-order valence-electron chi connectivity index (χ3n) is 4.78. The van der Waals surface area contributed by atoms with Crippen molar-refractivity contribution in [2.45, 2.75) is 45.4 Å². The molecular formula is C14H19N. The zero-order valence-electron chi connectivity index (χ0n) is 9.50. The molecule has 0 aliphatic heterocycles. The summed E-state index contributed by atoms with van der Waals surface area (Å²) in [5.74, 6) is 2.96. The molecule has 4 bridgehead atoms. The molecule has 4 aliphatic rings. The Morgan fingerprint density at radius 2 is 1.60 bits per heavy atom. The smallest absolute Gasteiger partial charge is 0.0940 e. The highest BCUT2D eigenvalue weighted by Crippen LogP contribution is 2.60. The van der Waals surface area contributed by atoms with Gasteiger partial charge in [0.15, 0.2) is 0 Å². The molecule has 0 spiro atoms. The Labute approximate surface area is 92.2 Å². The molecule has 1 nitrogen and oxygen atoms in total. The summed E-state index contributed by atoms with van der Waals surface area (Å²) < 4.78 is 0. The van der Waals surface area contributed by atoms with Gasteiger partial charge in [-0.15, -0.1) is 0 Å². The van der Waals surface area contributed by atoms with Crippen molar-refractivity contribution < 1.29 is 0 Å². The third kappa shape index (κ3) is 1.51. The standard InChI is InChI=1S/C14H19N/c1-10(9-15)5-14-6-11-2-12(7-14)4-13(3-11)8-14/h5,11-13H,2-4,6-8H2,1H3/b10-5-. The van der Waals surface area contributed by atoms with Crippen LogP contribution in [0.2, 0.25) is 0 Å². The number of hydrogen-bond donors (Lipinski definition) is 0. The second kappa shape index (κ2) is 3.11. The fraction of sp³-hybridized carbons (Fsp3) is 0.786. The molecule has 0 radical (unpaired) electrons. The first-order chi connectivity index (χ1) is 7.19. The van der Waals surface area contributed by atoms with Crippen LogP contribution in [-0.4, -0.2) is 0 Å². The van der Waals surface area contributed by atoms with E-state index in [-0.39, 0.29) is 0 Å². The molecule has 15 heavy (non-hydrogen) atoms. The molecule has 4 saturated carbocycles. The van der Waals surface area contributed by atoms with Gasteiger partial charge in [-0.2, -0.15) is 5.26 Å². The van der Waals surface area contributed by atoms with Gasteiger partial charge in [0.2, 0.25) is 0 Å². The average molecular weight is 201 g/mol. The highest BCUT2D eigenvalue weighted by molar-refractivity contribution is 5.23. The molecule has 0 unspecified atom stereocenters. The average Bonchev–Trinajstić information content (AvgIpc) is 2.14. The minimum atomic E-state index is 0.439. The summed E-state index contributed by atoms with van der Waals surface area (Å²) in [5.41, 5.74) is 1.38. The van der Waals surface area contributed by atoms with Crippen LogP contribution >= 0.6 is 0 Å². The van der Waals surface area contributed by atoms with E-state index in [9.17, 15) is 0 Å². The van der Waals surface area contributed by atoms with Crippen LogP contribution in [0, 0.1) is 34.5 Å². The Balaban J connectivity index is 1.91. The molecule has 4 fully saturated rings. The summed E-state index contributed by atoms with van der Waals surface area (Å²) in [6.07, 6.45) is 10.9. The second-order valence-corrected chi connectivity index (χ2v) is 6.22. The van der Waals surface area contributed by atoms with E-state index in [2.05, 4.69) is 12.1 Å². The number of hydrogen-bond acceptors (Lipinski definition) is 1. The minimum Gasteiger partial charge on any atom is -0.193 e. The van der Waals surface area contributed by atoms with E-state index in [1.807, 2.05) is 6.92 Å². The molecule has 80 valence electrons. The number of nitriles is 1. The highest BCUT2D eigenvalue weighted by Gasteiger charge is 2.49. The predicted molar refractivity (Wildman–Crippen MR) is 60.0 cm³/mol. The monoisotopic (exact) mass is 201 g/mol. The summed E-state index contributed by atoms with van der Waals surface area (Å²) in [6, 6.07) is 2.30. The summed E-state index contributed by atoms with van der Waals surface area (Å²) in [5, 5.41) is 8.92. The predicted octanol–water partition coefficient (Wildman–Crippen LogP) is 3.67. The Hall–Kier alpha value is -0.770. The van der Waals surface area contributed by atoms with Gasteiger partial charge in [0, 0.05) is 5.57 Å². The topological polar surface area (TPSA) is 23.8 Å². The normalized spacial score (nSPS) is 48.0. The van der Waals surface area contributed by atoms with Gasteiger partial charge in [0.1, 0.15) is 0 Å². The maximum absolute atomic E-state index is 8.92. The Morgan fingerprint density at radius 3 is 2.00 bits per heavy atom. The fourth-order valence-electron chi connectivity index (χ4n) is 4.85. The third-order valence-corrected chi connectivity index (χ3v) is 4.78. The molecule has 0 N–H and O–H groups in total. The van der Waals surface area contributed by atoms with E-state index >= 15 is 0 Å². The first kappa shape index (κ1) is 9.46. The van der Waals surface area contributed by atoms with Crippen LogP contribution in [0.1, 0.15) is 45.4 Å². The highest BCUT2D eigenvalue weighted by atomic mass is 14.5. The van der Waals surface area contributed by atoms with Crippen LogP contribution < -0.4 is 0 Å². The molecule has 0 aromatic carbocycles. The lowest BCUT2D eigenvalue weighted by Crippen LogP contribution is -2.45. The molecule has 0 aromatic heterocycles.